The smallest absolute Gasteiger partial charge is 0.399 e. The second-order valence-corrected chi connectivity index (χ2v) is 10.7. The van der Waals surface area contributed by atoms with Crippen LogP contribution in [0.15, 0.2) is 17.3 Å². The van der Waals surface area contributed by atoms with Crippen LogP contribution >= 0.6 is 46.1 Å². The third-order valence-corrected chi connectivity index (χ3v) is 8.29. The number of amides is 2. The first-order chi connectivity index (χ1) is 18.1. The molecule has 0 radical (unpaired) electrons. The molecule has 1 aliphatic carbocycles. The number of rotatable bonds is 6. The Balaban J connectivity index is 1.53. The van der Waals surface area contributed by atoms with Crippen LogP contribution < -0.4 is 15.4 Å². The lowest BCUT2D eigenvalue weighted by Gasteiger charge is -2.29. The number of ether oxygens (including phenoxy) is 1. The van der Waals surface area contributed by atoms with Crippen molar-refractivity contribution in [3.8, 4) is 5.06 Å². The number of benzene rings is 1. The van der Waals surface area contributed by atoms with E-state index >= 15 is 0 Å². The average Bonchev–Trinajstić information content (AvgIpc) is 3.56. The molecule has 0 spiro atoms. The van der Waals surface area contributed by atoms with Gasteiger partial charge >= 0.3 is 18.4 Å². The van der Waals surface area contributed by atoms with Crippen LogP contribution in [0.5, 0.6) is 5.06 Å². The topological polar surface area (TPSA) is 89.0 Å². The molecular formula is C22H16Cl3F6N3O4S. The summed E-state index contributed by atoms with van der Waals surface area (Å²) in [6, 6.07) is 2.01. The van der Waals surface area contributed by atoms with Gasteiger partial charge in [-0.15, -0.1) is 0 Å². The van der Waals surface area contributed by atoms with Crippen molar-refractivity contribution in [1.82, 2.24) is 10.6 Å². The van der Waals surface area contributed by atoms with Gasteiger partial charge in [0.25, 0.3) is 5.60 Å². The van der Waals surface area contributed by atoms with Crippen molar-refractivity contribution >= 4 is 63.9 Å². The largest absolute Gasteiger partial charge is 0.435 e. The van der Waals surface area contributed by atoms with Gasteiger partial charge in [-0.3, -0.25) is 4.79 Å². The van der Waals surface area contributed by atoms with Crippen LogP contribution in [0.3, 0.4) is 0 Å². The van der Waals surface area contributed by atoms with Crippen molar-refractivity contribution in [2.45, 2.75) is 43.6 Å². The van der Waals surface area contributed by atoms with Gasteiger partial charge in [0.1, 0.15) is 18.8 Å². The summed E-state index contributed by atoms with van der Waals surface area (Å²) in [6.07, 6.45) is -9.85. The first-order valence-corrected chi connectivity index (χ1v) is 13.0. The van der Waals surface area contributed by atoms with Crippen molar-refractivity contribution in [3.63, 3.8) is 0 Å². The highest BCUT2D eigenvalue weighted by molar-refractivity contribution is 7.16. The van der Waals surface area contributed by atoms with E-state index in [9.17, 15) is 35.9 Å². The molecule has 1 aromatic carbocycles. The molecule has 2 aromatic rings. The quantitative estimate of drug-likeness (QED) is 0.278. The van der Waals surface area contributed by atoms with Crippen LogP contribution in [0.25, 0.3) is 0 Å². The molecule has 0 saturated heterocycles. The predicted octanol–water partition coefficient (Wildman–Crippen LogP) is 6.55. The van der Waals surface area contributed by atoms with E-state index in [-0.39, 0.29) is 25.8 Å². The molecule has 0 saturated carbocycles. The molecule has 2 heterocycles. The molecule has 212 valence electrons. The fraction of sp³-hybridized carbons (Fsp3) is 0.409. The molecule has 17 heteroatoms. The summed E-state index contributed by atoms with van der Waals surface area (Å²) >= 11 is 18.7. The number of nitrogens with one attached hydrogen (secondary N) is 2. The first-order valence-electron chi connectivity index (χ1n) is 11.0. The molecule has 1 aliphatic heterocycles. The van der Waals surface area contributed by atoms with Crippen molar-refractivity contribution in [2.75, 3.05) is 13.1 Å². The maximum Gasteiger partial charge on any atom is 0.435 e. The molecule has 0 fully saturated rings. The van der Waals surface area contributed by atoms with Gasteiger partial charge < -0.3 is 20.2 Å². The van der Waals surface area contributed by atoms with Crippen LogP contribution in [-0.4, -0.2) is 43.2 Å². The van der Waals surface area contributed by atoms with Gasteiger partial charge in [0, 0.05) is 11.1 Å². The molecule has 2 amide bonds. The molecule has 39 heavy (non-hydrogen) atoms. The van der Waals surface area contributed by atoms with Crippen molar-refractivity contribution in [3.05, 3.63) is 48.8 Å². The number of hydrogen-bond donors (Lipinski definition) is 2. The van der Waals surface area contributed by atoms with Crippen LogP contribution in [0.1, 0.15) is 34.4 Å². The summed E-state index contributed by atoms with van der Waals surface area (Å²) in [5.41, 5.74) is -2.13. The average molecular weight is 639 g/mol. The van der Waals surface area contributed by atoms with E-state index in [4.69, 9.17) is 44.4 Å². The molecule has 7 nitrogen and oxygen atoms in total. The van der Waals surface area contributed by atoms with Gasteiger partial charge in [-0.05, 0) is 37.0 Å². The molecule has 0 bridgehead atoms. The molecule has 1 atom stereocenters. The molecule has 4 rings (SSSR count). The second kappa shape index (κ2) is 10.9. The van der Waals surface area contributed by atoms with E-state index < -0.39 is 55.0 Å². The zero-order valence-corrected chi connectivity index (χ0v) is 22.4. The number of hydrogen-bond acceptors (Lipinski definition) is 6. The molecule has 2 aliphatic rings. The number of halogens is 9. The van der Waals surface area contributed by atoms with E-state index in [0.29, 0.717) is 35.3 Å². The molecule has 1 aromatic heterocycles. The zero-order chi connectivity index (χ0) is 28.8. The Bertz CT molecular complexity index is 1320. The monoisotopic (exact) mass is 637 g/mol. The molecule has 2 N–H and O–H groups in total. The van der Waals surface area contributed by atoms with Gasteiger partial charge in [-0.1, -0.05) is 51.3 Å². The Morgan fingerprint density at radius 2 is 1.69 bits per heavy atom. The molecule has 1 unspecified atom stereocenters. The minimum absolute atomic E-state index is 0.0422. The summed E-state index contributed by atoms with van der Waals surface area (Å²) in [6.45, 7) is -2.35. The third-order valence-electron chi connectivity index (χ3n) is 5.90. The highest BCUT2D eigenvalue weighted by Crippen LogP contribution is 2.52. The lowest BCUT2D eigenvalue weighted by atomic mass is 9.87. The van der Waals surface area contributed by atoms with E-state index in [1.807, 2.05) is 5.32 Å². The summed E-state index contributed by atoms with van der Waals surface area (Å²) in [7, 11) is 0. The second-order valence-electron chi connectivity index (χ2n) is 8.55. The SMILES string of the molecule is O=C(CNC(=O)Oc1sc(C2=NOC(c3cc(Cl)c(Cl)c(Cl)c3)(C(F)(F)F)C2)c2c1CCC2)NCC(F)(F)F. The highest BCUT2D eigenvalue weighted by atomic mass is 35.5. The van der Waals surface area contributed by atoms with Gasteiger partial charge in [-0.25, -0.2) is 4.79 Å². The summed E-state index contributed by atoms with van der Waals surface area (Å²) < 4.78 is 85.0. The summed E-state index contributed by atoms with van der Waals surface area (Å²) in [5.74, 6) is -1.09. The number of fused-ring (bicyclic) bond motifs is 1. The predicted molar refractivity (Wildman–Crippen MR) is 131 cm³/mol. The van der Waals surface area contributed by atoms with Gasteiger partial charge in [0.2, 0.25) is 5.91 Å². The normalized spacial score (nSPS) is 18.8. The number of carbonyl (C=O) groups excluding carboxylic acids is 2. The van der Waals surface area contributed by atoms with Crippen LogP contribution in [0, 0.1) is 0 Å². The Morgan fingerprint density at radius 1 is 1.05 bits per heavy atom. The Kier molecular flexibility index (Phi) is 8.23. The number of alkyl halides is 6. The van der Waals surface area contributed by atoms with E-state index in [1.54, 1.807) is 5.32 Å². The van der Waals surface area contributed by atoms with E-state index in [1.165, 1.54) is 0 Å². The van der Waals surface area contributed by atoms with E-state index in [2.05, 4.69) is 5.16 Å². The van der Waals surface area contributed by atoms with Crippen LogP contribution in [0.4, 0.5) is 31.1 Å². The Labute approximate surface area is 235 Å². The fourth-order valence-electron chi connectivity index (χ4n) is 4.10. The highest BCUT2D eigenvalue weighted by Gasteiger charge is 2.63. The van der Waals surface area contributed by atoms with Gasteiger partial charge in [0.05, 0.1) is 26.4 Å². The van der Waals surface area contributed by atoms with E-state index in [0.717, 1.165) is 23.5 Å². The third kappa shape index (κ3) is 6.18. The summed E-state index contributed by atoms with van der Waals surface area (Å²) in [5, 5.41) is 6.91. The van der Waals surface area contributed by atoms with Crippen molar-refractivity contribution in [2.24, 2.45) is 5.16 Å². The lowest BCUT2D eigenvalue weighted by molar-refractivity contribution is -0.275. The van der Waals surface area contributed by atoms with Crippen molar-refractivity contribution in [1.29, 1.82) is 0 Å². The fourth-order valence-corrected chi connectivity index (χ4v) is 5.92. The lowest BCUT2D eigenvalue weighted by Crippen LogP contribution is -2.42. The number of nitrogens with zero attached hydrogens (tertiary/aromatic N) is 1. The maximum atomic E-state index is 14.4. The maximum absolute atomic E-state index is 14.4. The van der Waals surface area contributed by atoms with Gasteiger partial charge in [0.15, 0.2) is 5.06 Å². The number of oxime groups is 1. The number of carbonyl (C=O) groups is 2. The molecular weight excluding hydrogens is 623 g/mol. The minimum atomic E-state index is -4.94. The first kappa shape index (κ1) is 29.6. The van der Waals surface area contributed by atoms with Crippen LogP contribution in [0.2, 0.25) is 15.1 Å². The standard InChI is InChI=1S/C22H16Cl3F6N3O4S/c23-12-4-9(5-13(24)16(12)25)20(22(29,30)31)6-14(34-38-20)17-10-2-1-3-11(10)18(39-17)37-19(36)32-7-15(35)33-8-21(26,27)28/h4-5H,1-3,6-8H2,(H,32,36)(H,33,35). The zero-order valence-electron chi connectivity index (χ0n) is 19.3. The van der Waals surface area contributed by atoms with Crippen LogP contribution in [-0.2, 0) is 28.1 Å². The number of thiophene rings is 1. The minimum Gasteiger partial charge on any atom is -0.399 e. The Hall–Kier alpha value is -2.42. The van der Waals surface area contributed by atoms with Gasteiger partial charge in [-0.2, -0.15) is 26.3 Å². The summed E-state index contributed by atoms with van der Waals surface area (Å²) in [4.78, 5) is 29.1. The Morgan fingerprint density at radius 3 is 2.31 bits per heavy atom. The van der Waals surface area contributed by atoms with Crippen molar-refractivity contribution < 1.29 is 45.5 Å².